The van der Waals surface area contributed by atoms with E-state index in [0.717, 1.165) is 11.1 Å². The number of hydrogen-bond donors (Lipinski definition) is 0. The second kappa shape index (κ2) is 5.95. The zero-order chi connectivity index (χ0) is 12.8. The molecule has 0 spiro atoms. The predicted molar refractivity (Wildman–Crippen MR) is 73.5 cm³/mol. The van der Waals surface area contributed by atoms with Gasteiger partial charge in [0.05, 0.1) is 5.92 Å². The number of rotatable bonds is 3. The van der Waals surface area contributed by atoms with Crippen LogP contribution >= 0.6 is 0 Å². The van der Waals surface area contributed by atoms with Gasteiger partial charge in [-0.3, -0.25) is 0 Å². The molecule has 0 aliphatic heterocycles. The maximum Gasteiger partial charge on any atom is 0.134 e. The van der Waals surface area contributed by atoms with E-state index >= 15 is 0 Å². The molecule has 0 atom stereocenters. The fourth-order valence-electron chi connectivity index (χ4n) is 1.92. The van der Waals surface area contributed by atoms with Crippen LogP contribution in [0.2, 0.25) is 0 Å². The highest BCUT2D eigenvalue weighted by molar-refractivity contribution is 7.67. The van der Waals surface area contributed by atoms with Crippen LogP contribution in [0.3, 0.4) is 0 Å². The fraction of sp³-hybridized carbons (Fsp3) is 0.0667. The molecule has 2 nitrogen and oxygen atoms in total. The van der Waals surface area contributed by atoms with Crippen molar-refractivity contribution in [3.8, 4) is 6.07 Å². The van der Waals surface area contributed by atoms with Crippen molar-refractivity contribution < 1.29 is 4.21 Å². The molecule has 0 N–H and O–H groups in total. The third-order valence-electron chi connectivity index (χ3n) is 2.73. The summed E-state index contributed by atoms with van der Waals surface area (Å²) in [5.41, 5.74) is 1.92. The minimum Gasteiger partial charge on any atom is -0.211 e. The standard InChI is InChI=1S/C15H11NOS/c16-11-14(18-17)15(12-7-3-1-4-8-12)13-9-5-2-6-10-13/h1-10,15H. The van der Waals surface area contributed by atoms with Crippen molar-refractivity contribution >= 4 is 16.1 Å². The lowest BCUT2D eigenvalue weighted by atomic mass is 9.89. The highest BCUT2D eigenvalue weighted by Crippen LogP contribution is 2.25. The van der Waals surface area contributed by atoms with E-state index in [9.17, 15) is 4.21 Å². The van der Waals surface area contributed by atoms with Crippen LogP contribution in [0.1, 0.15) is 17.0 Å². The topological polar surface area (TPSA) is 40.9 Å². The molecule has 0 aliphatic rings. The average Bonchev–Trinajstić information content (AvgIpc) is 2.46. The summed E-state index contributed by atoms with van der Waals surface area (Å²) >= 11 is 0.273. The van der Waals surface area contributed by atoms with Crippen molar-refractivity contribution in [2.24, 2.45) is 0 Å². The van der Waals surface area contributed by atoms with Gasteiger partial charge in [0.1, 0.15) is 22.2 Å². The molecule has 0 aliphatic carbocycles. The molecule has 2 rings (SSSR count). The van der Waals surface area contributed by atoms with Crippen LogP contribution in [0.25, 0.3) is 0 Å². The Kier molecular flexibility index (Phi) is 4.06. The van der Waals surface area contributed by atoms with Crippen LogP contribution < -0.4 is 0 Å². The Bertz CT molecular complexity index is 570. The van der Waals surface area contributed by atoms with E-state index in [1.807, 2.05) is 66.7 Å². The van der Waals surface area contributed by atoms with Crippen molar-refractivity contribution in [1.29, 1.82) is 5.26 Å². The first kappa shape index (κ1) is 12.3. The van der Waals surface area contributed by atoms with E-state index in [4.69, 9.17) is 5.26 Å². The largest absolute Gasteiger partial charge is 0.211 e. The number of nitriles is 1. The van der Waals surface area contributed by atoms with Gasteiger partial charge in [-0.1, -0.05) is 60.7 Å². The molecule has 0 fully saturated rings. The van der Waals surface area contributed by atoms with Crippen molar-refractivity contribution in [1.82, 2.24) is 0 Å². The van der Waals surface area contributed by atoms with Crippen LogP contribution in [0.15, 0.2) is 60.7 Å². The molecule has 0 radical (unpaired) electrons. The third kappa shape index (κ3) is 2.55. The molecule has 3 heteroatoms. The van der Waals surface area contributed by atoms with Gasteiger partial charge in [0.2, 0.25) is 0 Å². The van der Waals surface area contributed by atoms with Crippen molar-refractivity contribution in [2.75, 3.05) is 0 Å². The summed E-state index contributed by atoms with van der Waals surface area (Å²) in [6, 6.07) is 21.2. The smallest absolute Gasteiger partial charge is 0.134 e. The lowest BCUT2D eigenvalue weighted by Gasteiger charge is -2.14. The van der Waals surface area contributed by atoms with Gasteiger partial charge in [0.15, 0.2) is 0 Å². The summed E-state index contributed by atoms with van der Waals surface area (Å²) in [7, 11) is 0. The van der Waals surface area contributed by atoms with Crippen molar-refractivity contribution in [3.05, 3.63) is 71.8 Å². The molecule has 0 saturated heterocycles. The summed E-state index contributed by atoms with van der Waals surface area (Å²) in [5, 5.41) is 9.11. The average molecular weight is 253 g/mol. The van der Waals surface area contributed by atoms with Crippen molar-refractivity contribution in [3.63, 3.8) is 0 Å². The van der Waals surface area contributed by atoms with Crippen LogP contribution in [0, 0.1) is 11.3 Å². The maximum atomic E-state index is 11.1. The van der Waals surface area contributed by atoms with Gasteiger partial charge in [-0.05, 0) is 11.1 Å². The molecule has 2 aromatic rings. The number of hydrogen-bond acceptors (Lipinski definition) is 2. The molecule has 0 aromatic heterocycles. The Morgan fingerprint density at radius 2 is 1.39 bits per heavy atom. The van der Waals surface area contributed by atoms with E-state index in [0.29, 0.717) is 0 Å². The second-order valence-electron chi connectivity index (χ2n) is 3.81. The molecule has 0 unspecified atom stereocenters. The van der Waals surface area contributed by atoms with Crippen LogP contribution in [-0.2, 0) is 11.3 Å². The predicted octanol–water partition coefficient (Wildman–Crippen LogP) is 2.73. The van der Waals surface area contributed by atoms with Gasteiger partial charge in [0.25, 0.3) is 0 Å². The van der Waals surface area contributed by atoms with Gasteiger partial charge in [0, 0.05) is 0 Å². The Hall–Kier alpha value is -2.18. The first-order valence-electron chi connectivity index (χ1n) is 5.53. The summed E-state index contributed by atoms with van der Waals surface area (Å²) in [5.74, 6) is -0.264. The molecule has 88 valence electrons. The second-order valence-corrected chi connectivity index (χ2v) is 4.42. The molecule has 0 amide bonds. The Morgan fingerprint density at radius 3 is 1.72 bits per heavy atom. The minimum atomic E-state index is -0.264. The van der Waals surface area contributed by atoms with E-state index in [1.54, 1.807) is 0 Å². The quantitative estimate of drug-likeness (QED) is 0.789. The SMILES string of the molecule is N#CC(=S=O)C(c1ccccc1)c1ccccc1. The molecule has 18 heavy (non-hydrogen) atoms. The molecular formula is C15H11NOS. The third-order valence-corrected chi connectivity index (χ3v) is 3.23. The van der Waals surface area contributed by atoms with E-state index in [2.05, 4.69) is 0 Å². The fourth-order valence-corrected chi connectivity index (χ4v) is 2.32. The zero-order valence-corrected chi connectivity index (χ0v) is 10.4. The number of nitrogens with zero attached hydrogens (tertiary/aromatic N) is 1. The Balaban J connectivity index is 2.56. The van der Waals surface area contributed by atoms with E-state index in [1.165, 1.54) is 0 Å². The molecule has 0 heterocycles. The lowest BCUT2D eigenvalue weighted by Crippen LogP contribution is -2.12. The van der Waals surface area contributed by atoms with Gasteiger partial charge in [-0.25, -0.2) is 4.21 Å². The zero-order valence-electron chi connectivity index (χ0n) is 9.61. The molecule has 0 bridgehead atoms. The first-order valence-corrected chi connectivity index (χ1v) is 6.27. The summed E-state index contributed by atoms with van der Waals surface area (Å²) in [6.45, 7) is 0. The summed E-state index contributed by atoms with van der Waals surface area (Å²) < 4.78 is 11.1. The van der Waals surface area contributed by atoms with Gasteiger partial charge in [-0.2, -0.15) is 5.26 Å². The Morgan fingerprint density at radius 1 is 0.944 bits per heavy atom. The normalized spacial score (nSPS) is 9.78. The van der Waals surface area contributed by atoms with Gasteiger partial charge in [-0.15, -0.1) is 0 Å². The first-order chi connectivity index (χ1) is 8.86. The molecule has 0 saturated carbocycles. The number of benzene rings is 2. The minimum absolute atomic E-state index is 0.264. The highest BCUT2D eigenvalue weighted by atomic mass is 32.1. The van der Waals surface area contributed by atoms with Gasteiger partial charge >= 0.3 is 0 Å². The van der Waals surface area contributed by atoms with Crippen molar-refractivity contribution in [2.45, 2.75) is 5.92 Å². The monoisotopic (exact) mass is 253 g/mol. The van der Waals surface area contributed by atoms with E-state index < -0.39 is 0 Å². The summed E-state index contributed by atoms with van der Waals surface area (Å²) in [6.07, 6.45) is 0. The van der Waals surface area contributed by atoms with Crippen LogP contribution in [0.5, 0.6) is 0 Å². The summed E-state index contributed by atoms with van der Waals surface area (Å²) in [4.78, 5) is 0.271. The molecule has 2 aromatic carbocycles. The molecular weight excluding hydrogens is 242 g/mol. The van der Waals surface area contributed by atoms with Gasteiger partial charge < -0.3 is 0 Å². The van der Waals surface area contributed by atoms with Crippen LogP contribution in [-0.4, -0.2) is 9.07 Å². The lowest BCUT2D eigenvalue weighted by molar-refractivity contribution is 0.700. The maximum absolute atomic E-state index is 11.1. The highest BCUT2D eigenvalue weighted by Gasteiger charge is 2.19. The van der Waals surface area contributed by atoms with E-state index in [-0.39, 0.29) is 22.0 Å². The Labute approximate surface area is 110 Å². The van der Waals surface area contributed by atoms with Crippen LogP contribution in [0.4, 0.5) is 0 Å².